The minimum absolute atomic E-state index is 0.195. The van der Waals surface area contributed by atoms with E-state index in [2.05, 4.69) is 22.5 Å². The molecule has 0 saturated carbocycles. The van der Waals surface area contributed by atoms with Crippen molar-refractivity contribution in [2.24, 2.45) is 0 Å². The normalized spacial score (nSPS) is 25.1. The standard InChI is InChI=1S/C12H15BrO3/c1-4-5-6-16-12(15-3)8-10(13)9(2)7-11(12)14/h4,7-8H,1,5-6H2,2-3H3. The number of ether oxygens (including phenoxy) is 2. The summed E-state index contributed by atoms with van der Waals surface area (Å²) in [5.74, 6) is -1.48. The number of rotatable bonds is 5. The maximum atomic E-state index is 11.9. The molecular formula is C12H15BrO3. The Morgan fingerprint density at radius 3 is 2.88 bits per heavy atom. The molecule has 0 fully saturated rings. The van der Waals surface area contributed by atoms with E-state index in [9.17, 15) is 4.79 Å². The zero-order chi connectivity index (χ0) is 12.2. The molecule has 16 heavy (non-hydrogen) atoms. The Balaban J connectivity index is 2.87. The van der Waals surface area contributed by atoms with E-state index >= 15 is 0 Å². The van der Waals surface area contributed by atoms with E-state index in [0.717, 1.165) is 10.1 Å². The van der Waals surface area contributed by atoms with Crippen LogP contribution in [-0.2, 0) is 14.3 Å². The van der Waals surface area contributed by atoms with Crippen LogP contribution in [0.4, 0.5) is 0 Å². The predicted octanol–water partition coefficient (Wildman–Crippen LogP) is 2.73. The van der Waals surface area contributed by atoms with Crippen LogP contribution in [0.1, 0.15) is 13.3 Å². The molecule has 0 aromatic rings. The Morgan fingerprint density at radius 2 is 2.31 bits per heavy atom. The molecule has 0 N–H and O–H groups in total. The summed E-state index contributed by atoms with van der Waals surface area (Å²) in [6.07, 6.45) is 5.57. The molecule has 0 amide bonds. The number of carbonyl (C=O) groups excluding carboxylic acids is 1. The Morgan fingerprint density at radius 1 is 1.62 bits per heavy atom. The number of methoxy groups -OCH3 is 1. The molecule has 0 aromatic carbocycles. The second-order valence-electron chi connectivity index (χ2n) is 3.48. The quantitative estimate of drug-likeness (QED) is 0.443. The SMILES string of the molecule is C=CCCOC1(OC)C=C(Br)C(C)=CC1=O. The molecule has 0 aromatic heterocycles. The van der Waals surface area contributed by atoms with Gasteiger partial charge in [-0.1, -0.05) is 22.0 Å². The lowest BCUT2D eigenvalue weighted by atomic mass is 10.0. The molecule has 4 heteroatoms. The smallest absolute Gasteiger partial charge is 0.254 e. The van der Waals surface area contributed by atoms with Crippen LogP contribution in [-0.4, -0.2) is 25.3 Å². The van der Waals surface area contributed by atoms with Gasteiger partial charge in [0.15, 0.2) is 0 Å². The number of halogens is 1. The van der Waals surface area contributed by atoms with Crippen molar-refractivity contribution in [1.82, 2.24) is 0 Å². The van der Waals surface area contributed by atoms with E-state index in [1.54, 1.807) is 12.2 Å². The van der Waals surface area contributed by atoms with Crippen LogP contribution in [0.15, 0.2) is 34.9 Å². The molecule has 0 aliphatic heterocycles. The molecule has 0 saturated heterocycles. The maximum Gasteiger partial charge on any atom is 0.254 e. The third kappa shape index (κ3) is 2.70. The Kier molecular flexibility index (Phi) is 4.65. The lowest BCUT2D eigenvalue weighted by Crippen LogP contribution is -2.42. The van der Waals surface area contributed by atoms with Crippen molar-refractivity contribution in [3.63, 3.8) is 0 Å². The van der Waals surface area contributed by atoms with Crippen LogP contribution in [0, 0.1) is 0 Å². The van der Waals surface area contributed by atoms with Crippen molar-refractivity contribution in [2.45, 2.75) is 19.1 Å². The van der Waals surface area contributed by atoms with E-state index in [1.165, 1.54) is 13.2 Å². The van der Waals surface area contributed by atoms with Crippen molar-refractivity contribution >= 4 is 21.7 Å². The van der Waals surface area contributed by atoms with Gasteiger partial charge in [-0.3, -0.25) is 4.79 Å². The first-order valence-corrected chi connectivity index (χ1v) is 5.76. The summed E-state index contributed by atoms with van der Waals surface area (Å²) in [6, 6.07) is 0. The van der Waals surface area contributed by atoms with Gasteiger partial charge in [0, 0.05) is 11.6 Å². The van der Waals surface area contributed by atoms with Gasteiger partial charge in [0.05, 0.1) is 6.61 Å². The van der Waals surface area contributed by atoms with Gasteiger partial charge in [0.1, 0.15) is 0 Å². The first-order valence-electron chi connectivity index (χ1n) is 4.97. The highest BCUT2D eigenvalue weighted by Gasteiger charge is 2.39. The molecule has 0 radical (unpaired) electrons. The highest BCUT2D eigenvalue weighted by atomic mass is 79.9. The van der Waals surface area contributed by atoms with E-state index in [1.807, 2.05) is 6.92 Å². The summed E-state index contributed by atoms with van der Waals surface area (Å²) in [4.78, 5) is 11.9. The van der Waals surface area contributed by atoms with Gasteiger partial charge in [-0.25, -0.2) is 0 Å². The molecule has 1 unspecified atom stereocenters. The first-order chi connectivity index (χ1) is 7.55. The number of hydrogen-bond donors (Lipinski definition) is 0. The van der Waals surface area contributed by atoms with Crippen molar-refractivity contribution in [3.8, 4) is 0 Å². The molecule has 1 aliphatic rings. The lowest BCUT2D eigenvalue weighted by Gasteiger charge is -2.29. The van der Waals surface area contributed by atoms with E-state index in [4.69, 9.17) is 9.47 Å². The summed E-state index contributed by atoms with van der Waals surface area (Å²) >= 11 is 3.37. The summed E-state index contributed by atoms with van der Waals surface area (Å²) in [5, 5.41) is 0. The second kappa shape index (κ2) is 5.57. The molecule has 1 atom stereocenters. The summed E-state index contributed by atoms with van der Waals surface area (Å²) < 4.78 is 11.5. The van der Waals surface area contributed by atoms with Crippen LogP contribution in [0.2, 0.25) is 0 Å². The van der Waals surface area contributed by atoms with Crippen LogP contribution in [0.5, 0.6) is 0 Å². The number of allylic oxidation sites excluding steroid dienone is 2. The van der Waals surface area contributed by atoms with Gasteiger partial charge < -0.3 is 9.47 Å². The minimum atomic E-state index is -1.29. The molecule has 0 bridgehead atoms. The van der Waals surface area contributed by atoms with Gasteiger partial charge in [0.2, 0.25) is 5.78 Å². The fourth-order valence-electron chi connectivity index (χ4n) is 1.34. The van der Waals surface area contributed by atoms with Crippen molar-refractivity contribution in [2.75, 3.05) is 13.7 Å². The maximum absolute atomic E-state index is 11.9. The fourth-order valence-corrected chi connectivity index (χ4v) is 1.76. The summed E-state index contributed by atoms with van der Waals surface area (Å²) in [5.41, 5.74) is 0.866. The summed E-state index contributed by atoms with van der Waals surface area (Å²) in [6.45, 7) is 5.84. The van der Waals surface area contributed by atoms with Crippen molar-refractivity contribution < 1.29 is 14.3 Å². The van der Waals surface area contributed by atoms with Gasteiger partial charge in [-0.2, -0.15) is 0 Å². The van der Waals surface area contributed by atoms with Gasteiger partial charge in [-0.15, -0.1) is 6.58 Å². The van der Waals surface area contributed by atoms with Crippen LogP contribution in [0.25, 0.3) is 0 Å². The molecule has 1 rings (SSSR count). The van der Waals surface area contributed by atoms with Crippen LogP contribution >= 0.6 is 15.9 Å². The Labute approximate surface area is 104 Å². The highest BCUT2D eigenvalue weighted by molar-refractivity contribution is 9.12. The van der Waals surface area contributed by atoms with E-state index in [0.29, 0.717) is 13.0 Å². The summed E-state index contributed by atoms with van der Waals surface area (Å²) in [7, 11) is 1.46. The zero-order valence-corrected chi connectivity index (χ0v) is 11.0. The van der Waals surface area contributed by atoms with Crippen LogP contribution in [0.3, 0.4) is 0 Å². The van der Waals surface area contributed by atoms with Gasteiger partial charge >= 0.3 is 0 Å². The second-order valence-corrected chi connectivity index (χ2v) is 4.34. The zero-order valence-electron chi connectivity index (χ0n) is 9.46. The van der Waals surface area contributed by atoms with Gasteiger partial charge in [-0.05, 0) is 31.1 Å². The molecule has 1 aliphatic carbocycles. The predicted molar refractivity (Wildman–Crippen MR) is 66.3 cm³/mol. The number of hydrogen-bond acceptors (Lipinski definition) is 3. The number of ketones is 1. The van der Waals surface area contributed by atoms with Crippen molar-refractivity contribution in [1.29, 1.82) is 0 Å². The highest BCUT2D eigenvalue weighted by Crippen LogP contribution is 2.30. The molecule has 88 valence electrons. The third-order valence-electron chi connectivity index (χ3n) is 2.33. The average molecular weight is 287 g/mol. The fraction of sp³-hybridized carbons (Fsp3) is 0.417. The largest absolute Gasteiger partial charge is 0.343 e. The minimum Gasteiger partial charge on any atom is -0.343 e. The molecule has 0 spiro atoms. The lowest BCUT2D eigenvalue weighted by molar-refractivity contribution is -0.191. The Hall–Kier alpha value is -0.710. The van der Waals surface area contributed by atoms with E-state index < -0.39 is 5.79 Å². The van der Waals surface area contributed by atoms with Gasteiger partial charge in [0.25, 0.3) is 5.79 Å². The molecule has 0 heterocycles. The first kappa shape index (κ1) is 13.4. The monoisotopic (exact) mass is 286 g/mol. The third-order valence-corrected chi connectivity index (χ3v) is 3.18. The van der Waals surface area contributed by atoms with Crippen LogP contribution < -0.4 is 0 Å². The average Bonchev–Trinajstić information content (AvgIpc) is 2.26. The molecular weight excluding hydrogens is 272 g/mol. The topological polar surface area (TPSA) is 35.5 Å². The van der Waals surface area contributed by atoms with Crippen molar-refractivity contribution in [3.05, 3.63) is 34.9 Å². The number of carbonyl (C=O) groups is 1. The molecule has 3 nitrogen and oxygen atoms in total. The Bertz CT molecular complexity index is 357. The van der Waals surface area contributed by atoms with E-state index in [-0.39, 0.29) is 5.78 Å².